The molecule has 0 aliphatic carbocycles. The van der Waals surface area contributed by atoms with Crippen LogP contribution in [0.5, 0.6) is 5.75 Å². The molecule has 0 radical (unpaired) electrons. The maximum atomic E-state index is 13.1. The van der Waals surface area contributed by atoms with Crippen molar-refractivity contribution < 1.29 is 9.53 Å². The third-order valence-electron chi connectivity index (χ3n) is 6.31. The van der Waals surface area contributed by atoms with Gasteiger partial charge in [0.25, 0.3) is 5.91 Å². The summed E-state index contributed by atoms with van der Waals surface area (Å²) in [4.78, 5) is 19.4. The number of rotatable bonds is 2. The molecule has 1 aromatic carbocycles. The fraction of sp³-hybridized carbons (Fsp3) is 0.450. The Morgan fingerprint density at radius 2 is 2.11 bits per heavy atom. The van der Waals surface area contributed by atoms with E-state index in [0.29, 0.717) is 22.4 Å². The third-order valence-corrected chi connectivity index (χ3v) is 6.31. The van der Waals surface area contributed by atoms with Crippen LogP contribution < -0.4 is 15.8 Å². The van der Waals surface area contributed by atoms with Crippen LogP contribution in [0.4, 0.5) is 5.95 Å². The number of piperidine rings is 1. The number of nitrogen functional groups attached to an aromatic ring is 1. The fourth-order valence-corrected chi connectivity index (χ4v) is 4.59. The smallest absolute Gasteiger partial charge is 0.274 e. The first-order valence-corrected chi connectivity index (χ1v) is 9.72. The Morgan fingerprint density at radius 1 is 1.29 bits per heavy atom. The van der Waals surface area contributed by atoms with Crippen molar-refractivity contribution in [2.75, 3.05) is 39.0 Å². The van der Waals surface area contributed by atoms with Gasteiger partial charge in [-0.3, -0.25) is 4.79 Å². The van der Waals surface area contributed by atoms with Gasteiger partial charge >= 0.3 is 0 Å². The number of nitrogens with one attached hydrogen (secondary N) is 1. The molecule has 2 saturated heterocycles. The number of benzene rings is 1. The first-order chi connectivity index (χ1) is 13.6. The predicted molar refractivity (Wildman–Crippen MR) is 107 cm³/mol. The summed E-state index contributed by atoms with van der Waals surface area (Å²) >= 11 is 0. The van der Waals surface area contributed by atoms with E-state index in [2.05, 4.69) is 15.4 Å². The summed E-state index contributed by atoms with van der Waals surface area (Å²) < 4.78 is 6.94. The van der Waals surface area contributed by atoms with Gasteiger partial charge in [0.05, 0.1) is 12.6 Å². The second-order valence-corrected chi connectivity index (χ2v) is 7.87. The minimum Gasteiger partial charge on any atom is -0.494 e. The monoisotopic (exact) mass is 380 g/mol. The Hall–Kier alpha value is -2.87. The van der Waals surface area contributed by atoms with Crippen molar-refractivity contribution in [1.29, 1.82) is 0 Å². The highest BCUT2D eigenvalue weighted by Crippen LogP contribution is 2.37. The number of anilines is 1. The van der Waals surface area contributed by atoms with E-state index in [-0.39, 0.29) is 11.9 Å². The average Bonchev–Trinajstić information content (AvgIpc) is 3.36. The molecule has 8 heteroatoms. The average molecular weight is 380 g/mol. The molecule has 146 valence electrons. The topological polar surface area (TPSA) is 97.8 Å². The Labute approximate surface area is 162 Å². The lowest BCUT2D eigenvalue weighted by molar-refractivity contribution is 0.0601. The second kappa shape index (κ2) is 6.34. The lowest BCUT2D eigenvalue weighted by atomic mass is 9.78. The van der Waals surface area contributed by atoms with E-state index in [1.807, 2.05) is 29.2 Å². The van der Waals surface area contributed by atoms with Crippen LogP contribution in [0.1, 0.15) is 29.8 Å². The molecule has 2 aliphatic heterocycles. The highest BCUT2D eigenvalue weighted by Gasteiger charge is 2.38. The number of hydrogen-bond acceptors (Lipinski definition) is 6. The summed E-state index contributed by atoms with van der Waals surface area (Å²) in [5.41, 5.74) is 8.33. The van der Waals surface area contributed by atoms with Gasteiger partial charge in [-0.1, -0.05) is 12.1 Å². The first-order valence-electron chi connectivity index (χ1n) is 9.72. The van der Waals surface area contributed by atoms with Crippen molar-refractivity contribution in [3.05, 3.63) is 30.0 Å². The van der Waals surface area contributed by atoms with Crippen molar-refractivity contribution in [2.45, 2.75) is 19.3 Å². The van der Waals surface area contributed by atoms with E-state index in [1.54, 1.807) is 11.6 Å². The highest BCUT2D eigenvalue weighted by molar-refractivity contribution is 6.01. The van der Waals surface area contributed by atoms with Gasteiger partial charge in [-0.15, -0.1) is 0 Å². The van der Waals surface area contributed by atoms with Crippen LogP contribution in [0.3, 0.4) is 0 Å². The van der Waals surface area contributed by atoms with Crippen LogP contribution in [0.2, 0.25) is 0 Å². The summed E-state index contributed by atoms with van der Waals surface area (Å²) in [6.45, 7) is 3.70. The number of aromatic nitrogens is 3. The van der Waals surface area contributed by atoms with Crippen molar-refractivity contribution in [3.8, 4) is 5.75 Å². The van der Waals surface area contributed by atoms with Gasteiger partial charge in [0.15, 0.2) is 5.69 Å². The molecule has 2 fully saturated rings. The van der Waals surface area contributed by atoms with E-state index in [0.717, 1.165) is 49.9 Å². The molecule has 1 spiro atoms. The summed E-state index contributed by atoms with van der Waals surface area (Å²) in [5, 5.41) is 8.78. The maximum absolute atomic E-state index is 13.1. The van der Waals surface area contributed by atoms with Gasteiger partial charge in [-0.05, 0) is 43.4 Å². The van der Waals surface area contributed by atoms with Gasteiger partial charge < -0.3 is 20.7 Å². The zero-order valence-electron chi connectivity index (χ0n) is 15.9. The van der Waals surface area contributed by atoms with E-state index in [9.17, 15) is 4.79 Å². The van der Waals surface area contributed by atoms with Crippen LogP contribution >= 0.6 is 0 Å². The molecule has 3 aromatic rings. The van der Waals surface area contributed by atoms with Crippen LogP contribution in [-0.2, 0) is 0 Å². The second-order valence-electron chi connectivity index (χ2n) is 7.87. The van der Waals surface area contributed by atoms with Crippen LogP contribution in [0, 0.1) is 5.41 Å². The fourth-order valence-electron chi connectivity index (χ4n) is 4.59. The molecule has 0 unspecified atom stereocenters. The van der Waals surface area contributed by atoms with Gasteiger partial charge in [0, 0.05) is 25.0 Å². The molecule has 28 heavy (non-hydrogen) atoms. The van der Waals surface area contributed by atoms with Gasteiger partial charge in [-0.25, -0.2) is 4.98 Å². The molecule has 0 atom stereocenters. The molecule has 4 heterocycles. The number of hydrogen-bond donors (Lipinski definition) is 2. The molecule has 3 N–H and O–H groups in total. The minimum atomic E-state index is -0.0417. The third kappa shape index (κ3) is 2.59. The van der Waals surface area contributed by atoms with E-state index in [4.69, 9.17) is 10.5 Å². The van der Waals surface area contributed by atoms with Crippen molar-refractivity contribution in [2.24, 2.45) is 5.41 Å². The number of ether oxygens (including phenoxy) is 1. The van der Waals surface area contributed by atoms with E-state index >= 15 is 0 Å². The van der Waals surface area contributed by atoms with E-state index < -0.39 is 0 Å². The number of nitrogens with zero attached hydrogens (tertiary/aromatic N) is 4. The molecular formula is C20H24N6O2. The molecule has 2 aromatic heterocycles. The number of methoxy groups -OCH3 is 1. The number of fused-ring (bicyclic) bond motifs is 3. The summed E-state index contributed by atoms with van der Waals surface area (Å²) in [6, 6.07) is 7.49. The maximum Gasteiger partial charge on any atom is 0.274 e. The number of carbonyl (C=O) groups excluding carboxylic acids is 1. The van der Waals surface area contributed by atoms with Crippen LogP contribution in [-0.4, -0.2) is 58.7 Å². The Kier molecular flexibility index (Phi) is 3.90. The quantitative estimate of drug-likeness (QED) is 0.702. The lowest BCUT2D eigenvalue weighted by Crippen LogP contribution is -2.44. The van der Waals surface area contributed by atoms with Crippen molar-refractivity contribution in [1.82, 2.24) is 24.8 Å². The van der Waals surface area contributed by atoms with Crippen molar-refractivity contribution in [3.63, 3.8) is 0 Å². The first kappa shape index (κ1) is 17.2. The molecule has 2 aliphatic rings. The number of likely N-dealkylation sites (tertiary alicyclic amines) is 1. The van der Waals surface area contributed by atoms with Gasteiger partial charge in [0.1, 0.15) is 11.3 Å². The number of amides is 1. The molecule has 5 rings (SSSR count). The lowest BCUT2D eigenvalue weighted by Gasteiger charge is -2.38. The number of nitrogens with two attached hydrogens (primary N) is 1. The summed E-state index contributed by atoms with van der Waals surface area (Å²) in [6.07, 6.45) is 3.30. The normalized spacial score (nSPS) is 19.0. The zero-order chi connectivity index (χ0) is 19.3. The molecular weight excluding hydrogens is 356 g/mol. The number of carbonyl (C=O) groups is 1. The zero-order valence-corrected chi connectivity index (χ0v) is 15.9. The van der Waals surface area contributed by atoms with Crippen LogP contribution in [0.25, 0.3) is 16.4 Å². The molecule has 0 saturated carbocycles. The largest absolute Gasteiger partial charge is 0.494 e. The van der Waals surface area contributed by atoms with Crippen LogP contribution in [0.15, 0.2) is 24.3 Å². The van der Waals surface area contributed by atoms with Crippen molar-refractivity contribution >= 4 is 28.3 Å². The van der Waals surface area contributed by atoms with Gasteiger partial charge in [-0.2, -0.15) is 9.61 Å². The molecule has 1 amide bonds. The summed E-state index contributed by atoms with van der Waals surface area (Å²) in [7, 11) is 1.60. The molecule has 0 bridgehead atoms. The Balaban J connectivity index is 1.49. The van der Waals surface area contributed by atoms with Gasteiger partial charge in [0.2, 0.25) is 5.95 Å². The SMILES string of the molecule is COc1cccc2c1nc(N)n1nc(C(=O)N3CCC4(CCNC4)CC3)cc21. The highest BCUT2D eigenvalue weighted by atomic mass is 16.5. The van der Waals surface area contributed by atoms with E-state index in [1.165, 1.54) is 6.42 Å². The standard InChI is InChI=1S/C20H24N6O2/c1-28-16-4-2-3-13-15-11-14(24-26(15)19(21)23-17(13)16)18(27)25-9-6-20(7-10-25)5-8-22-12-20/h2-4,11,22H,5-10,12H2,1H3,(H2,21,23). The summed E-state index contributed by atoms with van der Waals surface area (Å²) in [5.74, 6) is 0.841. The Morgan fingerprint density at radius 3 is 2.82 bits per heavy atom. The Bertz CT molecular complexity index is 1060. The number of para-hydroxylation sites is 1. The predicted octanol–water partition coefficient (Wildman–Crippen LogP) is 1.69. The minimum absolute atomic E-state index is 0.0417. The molecule has 8 nitrogen and oxygen atoms in total.